The van der Waals surface area contributed by atoms with Crippen molar-refractivity contribution in [2.24, 2.45) is 0 Å². The second-order valence-corrected chi connectivity index (χ2v) is 5.74. The molecule has 1 fully saturated rings. The summed E-state index contributed by atoms with van der Waals surface area (Å²) in [5.74, 6) is 6.18. The highest BCUT2D eigenvalue weighted by Crippen LogP contribution is 2.27. The number of aryl methyl sites for hydroxylation is 2. The minimum atomic E-state index is 0.277. The van der Waals surface area contributed by atoms with Gasteiger partial charge in [-0.1, -0.05) is 48.4 Å². The van der Waals surface area contributed by atoms with Crippen LogP contribution in [0.5, 0.6) is 0 Å². The molecule has 110 valence electrons. The highest BCUT2D eigenvalue weighted by Gasteiger charge is 2.12. The van der Waals surface area contributed by atoms with Gasteiger partial charge < -0.3 is 5.11 Å². The molecule has 1 saturated carbocycles. The summed E-state index contributed by atoms with van der Waals surface area (Å²) >= 11 is 0. The van der Waals surface area contributed by atoms with Crippen molar-refractivity contribution in [3.05, 3.63) is 82.6 Å². The molecule has 1 nitrogen and oxygen atoms in total. The Hall–Kier alpha value is -2.46. The average molecular weight is 288 g/mol. The van der Waals surface area contributed by atoms with Gasteiger partial charge in [-0.3, -0.25) is 0 Å². The maximum absolute atomic E-state index is 9.80. The predicted molar refractivity (Wildman–Crippen MR) is 90.7 cm³/mol. The number of hydrogen-bond acceptors (Lipinski definition) is 1. The first-order valence-corrected chi connectivity index (χ1v) is 7.87. The third-order valence-corrected chi connectivity index (χ3v) is 4.12. The molecule has 0 bridgehead atoms. The maximum atomic E-state index is 9.80. The second-order valence-electron chi connectivity index (χ2n) is 5.74. The first-order chi connectivity index (χ1) is 10.8. The van der Waals surface area contributed by atoms with E-state index in [0.29, 0.717) is 0 Å². The largest absolute Gasteiger partial charge is 0.501 e. The second kappa shape index (κ2) is 7.00. The summed E-state index contributed by atoms with van der Waals surface area (Å²) in [4.78, 5) is 0. The van der Waals surface area contributed by atoms with E-state index in [1.807, 2.05) is 18.2 Å². The first kappa shape index (κ1) is 14.5. The van der Waals surface area contributed by atoms with Crippen molar-refractivity contribution in [3.63, 3.8) is 0 Å². The van der Waals surface area contributed by atoms with Crippen molar-refractivity contribution in [1.82, 2.24) is 0 Å². The fraction of sp³-hybridized carbons (Fsp3) is 0.238. The summed E-state index contributed by atoms with van der Waals surface area (Å²) in [6.07, 6.45) is 5.26. The molecule has 2 aromatic carbocycles. The van der Waals surface area contributed by atoms with Gasteiger partial charge in [0, 0.05) is 5.56 Å². The van der Waals surface area contributed by atoms with Gasteiger partial charge in [-0.2, -0.15) is 0 Å². The van der Waals surface area contributed by atoms with E-state index in [1.54, 1.807) is 0 Å². The van der Waals surface area contributed by atoms with Crippen molar-refractivity contribution >= 4 is 0 Å². The van der Waals surface area contributed by atoms with Crippen molar-refractivity contribution in [1.29, 1.82) is 0 Å². The predicted octanol–water partition coefficient (Wildman–Crippen LogP) is 4.82. The van der Waals surface area contributed by atoms with Gasteiger partial charge in [-0.15, -0.1) is 0 Å². The van der Waals surface area contributed by atoms with E-state index in [4.69, 9.17) is 0 Å². The third-order valence-electron chi connectivity index (χ3n) is 4.12. The lowest BCUT2D eigenvalue weighted by molar-refractivity contribution is 0.413. The molecule has 1 aliphatic rings. The highest BCUT2D eigenvalue weighted by atomic mass is 16.3. The number of benzene rings is 2. The fourth-order valence-electron chi connectivity index (χ4n) is 2.50. The lowest BCUT2D eigenvalue weighted by Crippen LogP contribution is -2.00. The average Bonchev–Trinajstić information content (AvgIpc) is 2.51. The van der Waals surface area contributed by atoms with Crippen LogP contribution in [0.1, 0.15) is 36.0 Å². The van der Waals surface area contributed by atoms with E-state index in [1.165, 1.54) is 17.5 Å². The SMILES string of the molecule is OC(C#Cc1ccc(CCc2ccccc2)cc1)=C1CCC1. The van der Waals surface area contributed by atoms with Crippen molar-refractivity contribution in [2.75, 3.05) is 0 Å². The number of rotatable bonds is 3. The summed E-state index contributed by atoms with van der Waals surface area (Å²) in [6, 6.07) is 18.9. The fourth-order valence-corrected chi connectivity index (χ4v) is 2.50. The van der Waals surface area contributed by atoms with Gasteiger partial charge in [0.1, 0.15) is 0 Å². The van der Waals surface area contributed by atoms with Crippen LogP contribution in [0.25, 0.3) is 0 Å². The molecule has 1 heteroatoms. The molecular formula is C21H20O. The molecule has 0 atom stereocenters. The molecule has 3 rings (SSSR count). The van der Waals surface area contributed by atoms with Crippen LogP contribution in [0.4, 0.5) is 0 Å². The van der Waals surface area contributed by atoms with Crippen LogP contribution in [-0.2, 0) is 12.8 Å². The molecule has 1 aliphatic carbocycles. The topological polar surface area (TPSA) is 20.2 Å². The molecule has 0 radical (unpaired) electrons. The molecule has 0 unspecified atom stereocenters. The normalized spacial score (nSPS) is 13.0. The van der Waals surface area contributed by atoms with E-state index in [2.05, 4.69) is 48.2 Å². The van der Waals surface area contributed by atoms with Crippen LogP contribution in [0, 0.1) is 11.8 Å². The lowest BCUT2D eigenvalue weighted by Gasteiger charge is -2.15. The van der Waals surface area contributed by atoms with E-state index in [-0.39, 0.29) is 5.76 Å². The van der Waals surface area contributed by atoms with Crippen LogP contribution in [-0.4, -0.2) is 5.11 Å². The van der Waals surface area contributed by atoms with E-state index >= 15 is 0 Å². The molecule has 0 spiro atoms. The molecular weight excluding hydrogens is 268 g/mol. The minimum Gasteiger partial charge on any atom is -0.501 e. The smallest absolute Gasteiger partial charge is 0.166 e. The van der Waals surface area contributed by atoms with Crippen molar-refractivity contribution < 1.29 is 5.11 Å². The summed E-state index contributed by atoms with van der Waals surface area (Å²) in [6.45, 7) is 0. The lowest BCUT2D eigenvalue weighted by atomic mass is 9.91. The summed E-state index contributed by atoms with van der Waals surface area (Å²) in [5.41, 5.74) is 4.74. The number of aliphatic hydroxyl groups is 1. The van der Waals surface area contributed by atoms with Gasteiger partial charge in [0.2, 0.25) is 0 Å². The minimum absolute atomic E-state index is 0.277. The third kappa shape index (κ3) is 3.80. The number of allylic oxidation sites excluding steroid dienone is 2. The highest BCUT2D eigenvalue weighted by molar-refractivity contribution is 5.41. The summed E-state index contributed by atoms with van der Waals surface area (Å²) < 4.78 is 0. The summed E-state index contributed by atoms with van der Waals surface area (Å²) in [5, 5.41) is 9.80. The number of aliphatic hydroxyl groups excluding tert-OH is 1. The Balaban J connectivity index is 1.60. The Bertz CT molecular complexity index is 706. The quantitative estimate of drug-likeness (QED) is 0.634. The van der Waals surface area contributed by atoms with Crippen molar-refractivity contribution in [3.8, 4) is 11.8 Å². The standard InChI is InChI=1S/C21H20O/c22-21(20-7-4-8-20)16-15-19-13-11-18(12-14-19)10-9-17-5-2-1-3-6-17/h1-3,5-6,11-14,22H,4,7-10H2. The van der Waals surface area contributed by atoms with Gasteiger partial charge in [-0.25, -0.2) is 0 Å². The first-order valence-electron chi connectivity index (χ1n) is 7.87. The Morgan fingerprint density at radius 1 is 0.864 bits per heavy atom. The van der Waals surface area contributed by atoms with Gasteiger partial charge in [0.15, 0.2) is 5.76 Å². The molecule has 1 N–H and O–H groups in total. The van der Waals surface area contributed by atoms with Crippen LogP contribution in [0.2, 0.25) is 0 Å². The van der Waals surface area contributed by atoms with Crippen LogP contribution >= 0.6 is 0 Å². The molecule has 0 amide bonds. The van der Waals surface area contributed by atoms with Crippen LogP contribution < -0.4 is 0 Å². The zero-order valence-corrected chi connectivity index (χ0v) is 12.7. The van der Waals surface area contributed by atoms with Gasteiger partial charge in [0.05, 0.1) is 0 Å². The van der Waals surface area contributed by atoms with E-state index in [0.717, 1.165) is 36.8 Å². The Morgan fingerprint density at radius 3 is 2.09 bits per heavy atom. The Morgan fingerprint density at radius 2 is 1.50 bits per heavy atom. The van der Waals surface area contributed by atoms with Gasteiger partial charge >= 0.3 is 0 Å². The molecule has 0 aromatic heterocycles. The number of hydrogen-bond donors (Lipinski definition) is 1. The zero-order chi connectivity index (χ0) is 15.2. The Kier molecular flexibility index (Phi) is 4.61. The van der Waals surface area contributed by atoms with E-state index < -0.39 is 0 Å². The summed E-state index contributed by atoms with van der Waals surface area (Å²) in [7, 11) is 0. The molecule has 0 aliphatic heterocycles. The van der Waals surface area contributed by atoms with Gasteiger partial charge in [-0.05, 0) is 66.9 Å². The van der Waals surface area contributed by atoms with Crippen molar-refractivity contribution in [2.45, 2.75) is 32.1 Å². The van der Waals surface area contributed by atoms with E-state index in [9.17, 15) is 5.11 Å². The molecule has 0 saturated heterocycles. The molecule has 0 heterocycles. The van der Waals surface area contributed by atoms with Crippen LogP contribution in [0.15, 0.2) is 65.9 Å². The Labute approximate surface area is 132 Å². The molecule has 2 aromatic rings. The van der Waals surface area contributed by atoms with Gasteiger partial charge in [0.25, 0.3) is 0 Å². The monoisotopic (exact) mass is 288 g/mol. The molecule has 22 heavy (non-hydrogen) atoms. The zero-order valence-electron chi connectivity index (χ0n) is 12.7. The maximum Gasteiger partial charge on any atom is 0.166 e. The van der Waals surface area contributed by atoms with Crippen LogP contribution in [0.3, 0.4) is 0 Å².